The first-order valence-corrected chi connectivity index (χ1v) is 13.1. The van der Waals surface area contributed by atoms with Gasteiger partial charge in [0.25, 0.3) is 0 Å². The number of fused-ring (bicyclic) bond motifs is 2. The number of allylic oxidation sites excluding steroid dienone is 4. The fourth-order valence-corrected chi connectivity index (χ4v) is 6.19. The van der Waals surface area contributed by atoms with Gasteiger partial charge in [0.05, 0.1) is 5.75 Å². The first-order chi connectivity index (χ1) is 14.3. The van der Waals surface area contributed by atoms with E-state index in [0.29, 0.717) is 24.7 Å². The van der Waals surface area contributed by atoms with Gasteiger partial charge in [-0.2, -0.15) is 0 Å². The van der Waals surface area contributed by atoms with E-state index in [4.69, 9.17) is 5.11 Å². The summed E-state index contributed by atoms with van der Waals surface area (Å²) in [5.41, 5.74) is 3.17. The van der Waals surface area contributed by atoms with Crippen molar-refractivity contribution >= 4 is 31.9 Å². The maximum absolute atomic E-state index is 12.8. The molecule has 7 heteroatoms. The number of hydrogen-bond donors (Lipinski definition) is 2. The van der Waals surface area contributed by atoms with Gasteiger partial charge >= 0.3 is 5.97 Å². The summed E-state index contributed by atoms with van der Waals surface area (Å²) in [4.78, 5) is 10.6. The van der Waals surface area contributed by atoms with Crippen molar-refractivity contribution in [3.63, 3.8) is 0 Å². The third-order valence-electron chi connectivity index (χ3n) is 6.05. The van der Waals surface area contributed by atoms with Crippen LogP contribution in [-0.4, -0.2) is 25.2 Å². The van der Waals surface area contributed by atoms with Crippen molar-refractivity contribution in [3.05, 3.63) is 57.7 Å². The maximum atomic E-state index is 12.8. The van der Waals surface area contributed by atoms with Gasteiger partial charge in [-0.3, -0.25) is 9.52 Å². The number of unbranched alkanes of at least 4 members (excludes halogenated alkanes) is 1. The van der Waals surface area contributed by atoms with Gasteiger partial charge in [-0.25, -0.2) is 8.42 Å². The molecule has 1 aromatic carbocycles. The zero-order chi connectivity index (χ0) is 21.6. The van der Waals surface area contributed by atoms with Crippen LogP contribution in [0.25, 0.3) is 0 Å². The Morgan fingerprint density at radius 3 is 2.60 bits per heavy atom. The Kier molecular flexibility index (Phi) is 8.17. The highest BCUT2D eigenvalue weighted by atomic mass is 79.9. The number of benzene rings is 1. The molecule has 164 valence electrons. The Hall–Kier alpha value is -1.60. The number of carboxylic acid groups (broad SMARTS) is 1. The van der Waals surface area contributed by atoms with Crippen molar-refractivity contribution in [3.8, 4) is 0 Å². The van der Waals surface area contributed by atoms with Gasteiger partial charge in [0.2, 0.25) is 10.0 Å². The number of halogens is 1. The number of aryl methyl sites for hydroxylation is 1. The molecule has 2 N–H and O–H groups in total. The molecular weight excluding hydrogens is 466 g/mol. The number of nitrogens with one attached hydrogen (secondary N) is 1. The van der Waals surface area contributed by atoms with Crippen LogP contribution in [0.2, 0.25) is 0 Å². The quantitative estimate of drug-likeness (QED) is 0.327. The molecule has 0 atom stereocenters. The van der Waals surface area contributed by atoms with Crippen LogP contribution in [0.4, 0.5) is 0 Å². The third-order valence-corrected chi connectivity index (χ3v) is 7.82. The fourth-order valence-electron chi connectivity index (χ4n) is 4.50. The number of hydrogen-bond acceptors (Lipinski definition) is 3. The summed E-state index contributed by atoms with van der Waals surface area (Å²) in [5, 5.41) is 8.72. The minimum atomic E-state index is -3.41. The van der Waals surface area contributed by atoms with Crippen molar-refractivity contribution in [1.29, 1.82) is 0 Å². The largest absolute Gasteiger partial charge is 0.481 e. The molecular formula is C23H30BrNO4S. The summed E-state index contributed by atoms with van der Waals surface area (Å²) < 4.78 is 29.6. The molecule has 3 aliphatic carbocycles. The number of sulfonamides is 1. The number of aliphatic carboxylic acids is 1. The smallest absolute Gasteiger partial charge is 0.303 e. The van der Waals surface area contributed by atoms with Crippen molar-refractivity contribution in [2.45, 2.75) is 57.8 Å². The molecule has 30 heavy (non-hydrogen) atoms. The molecule has 1 aromatic rings. The van der Waals surface area contributed by atoms with E-state index in [0.717, 1.165) is 54.3 Å². The number of carboxylic acids is 1. The Labute approximate surface area is 187 Å². The van der Waals surface area contributed by atoms with Crippen LogP contribution in [0.1, 0.15) is 56.9 Å². The molecule has 3 aliphatic rings. The van der Waals surface area contributed by atoms with Crippen LogP contribution in [-0.2, 0) is 21.2 Å². The molecule has 0 spiro atoms. The summed E-state index contributed by atoms with van der Waals surface area (Å²) in [5.74, 6) is 0.0746. The van der Waals surface area contributed by atoms with E-state index < -0.39 is 16.0 Å². The molecule has 0 saturated heterocycles. The van der Waals surface area contributed by atoms with Gasteiger partial charge < -0.3 is 5.11 Å². The van der Waals surface area contributed by atoms with E-state index >= 15 is 0 Å². The third kappa shape index (κ3) is 6.71. The lowest BCUT2D eigenvalue weighted by molar-refractivity contribution is -0.137. The summed E-state index contributed by atoms with van der Waals surface area (Å²) in [6.45, 7) is 0. The van der Waals surface area contributed by atoms with Gasteiger partial charge in [0.15, 0.2) is 0 Å². The molecule has 5 nitrogen and oxygen atoms in total. The molecule has 2 bridgehead atoms. The maximum Gasteiger partial charge on any atom is 0.303 e. The van der Waals surface area contributed by atoms with E-state index in [1.54, 1.807) is 0 Å². The Morgan fingerprint density at radius 2 is 1.90 bits per heavy atom. The topological polar surface area (TPSA) is 83.5 Å². The van der Waals surface area contributed by atoms with Crippen molar-refractivity contribution in [2.75, 3.05) is 5.75 Å². The van der Waals surface area contributed by atoms with Crippen LogP contribution in [0.3, 0.4) is 0 Å². The second kappa shape index (κ2) is 10.6. The fraction of sp³-hybridized carbons (Fsp3) is 0.522. The van der Waals surface area contributed by atoms with E-state index in [2.05, 4.69) is 26.7 Å². The van der Waals surface area contributed by atoms with Gasteiger partial charge in [-0.05, 0) is 86.5 Å². The van der Waals surface area contributed by atoms with E-state index in [1.165, 1.54) is 5.57 Å². The lowest BCUT2D eigenvalue weighted by Crippen LogP contribution is -2.37. The average molecular weight is 496 g/mol. The van der Waals surface area contributed by atoms with Gasteiger partial charge in [-0.15, -0.1) is 0 Å². The number of carbonyl (C=O) groups is 1. The summed E-state index contributed by atoms with van der Waals surface area (Å²) in [6.07, 6.45) is 11.3. The molecule has 0 heterocycles. The summed E-state index contributed by atoms with van der Waals surface area (Å²) >= 11 is 3.43. The second-order valence-electron chi connectivity index (χ2n) is 8.25. The van der Waals surface area contributed by atoms with Crippen LogP contribution >= 0.6 is 15.9 Å². The van der Waals surface area contributed by atoms with Crippen LogP contribution in [0.15, 0.2) is 52.2 Å². The van der Waals surface area contributed by atoms with Crippen LogP contribution in [0, 0.1) is 11.8 Å². The molecule has 0 unspecified atom stereocenters. The zero-order valence-corrected chi connectivity index (χ0v) is 19.6. The van der Waals surface area contributed by atoms with E-state index in [-0.39, 0.29) is 12.2 Å². The summed E-state index contributed by atoms with van der Waals surface area (Å²) in [6, 6.07) is 7.75. The lowest BCUT2D eigenvalue weighted by atomic mass is 9.69. The Bertz CT molecular complexity index is 915. The predicted molar refractivity (Wildman–Crippen MR) is 122 cm³/mol. The van der Waals surface area contributed by atoms with Gasteiger partial charge in [0, 0.05) is 16.6 Å². The first kappa shape index (κ1) is 23.1. The minimum absolute atomic E-state index is 0.0721. The molecule has 0 aromatic heterocycles. The predicted octanol–water partition coefficient (Wildman–Crippen LogP) is 5.19. The number of rotatable bonds is 11. The molecule has 0 radical (unpaired) electrons. The molecule has 1 saturated carbocycles. The summed E-state index contributed by atoms with van der Waals surface area (Å²) in [7, 11) is -3.41. The monoisotopic (exact) mass is 495 g/mol. The molecule has 1 fully saturated rings. The molecule has 4 rings (SSSR count). The average Bonchev–Trinajstić information content (AvgIpc) is 2.71. The van der Waals surface area contributed by atoms with Gasteiger partial charge in [-0.1, -0.05) is 40.2 Å². The Morgan fingerprint density at radius 1 is 1.17 bits per heavy atom. The van der Waals surface area contributed by atoms with Gasteiger partial charge in [0.1, 0.15) is 0 Å². The van der Waals surface area contributed by atoms with Crippen molar-refractivity contribution in [1.82, 2.24) is 4.72 Å². The Balaban J connectivity index is 1.64. The van der Waals surface area contributed by atoms with Crippen molar-refractivity contribution < 1.29 is 18.3 Å². The lowest BCUT2D eigenvalue weighted by Gasteiger charge is -2.40. The normalized spacial score (nSPS) is 21.4. The van der Waals surface area contributed by atoms with E-state index in [1.807, 2.05) is 30.3 Å². The highest BCUT2D eigenvalue weighted by Gasteiger charge is 2.36. The van der Waals surface area contributed by atoms with E-state index in [9.17, 15) is 13.2 Å². The first-order valence-electron chi connectivity index (χ1n) is 10.7. The minimum Gasteiger partial charge on any atom is -0.481 e. The highest BCUT2D eigenvalue weighted by Crippen LogP contribution is 2.45. The molecule has 0 aliphatic heterocycles. The molecule has 0 amide bonds. The second-order valence-corrected chi connectivity index (χ2v) is 11.0. The SMILES string of the molecule is O=C(O)CCCC=CCC1=C(NS(=O)(=O)CCc2cccc(Br)c2)C2CCC1CC2. The highest BCUT2D eigenvalue weighted by molar-refractivity contribution is 9.10. The standard InChI is InChI=1S/C23H30BrNO4S/c24-20-7-5-6-17(16-20)14-15-30(28,29)25-23-19-12-10-18(11-13-19)21(23)8-3-1-2-4-9-22(26)27/h1,3,5-7,16,18-19,25H,2,4,8-15H2,(H,26,27). The van der Waals surface area contributed by atoms with Crippen molar-refractivity contribution in [2.24, 2.45) is 11.8 Å². The zero-order valence-electron chi connectivity index (χ0n) is 17.1. The van der Waals surface area contributed by atoms with Crippen LogP contribution in [0.5, 0.6) is 0 Å². The van der Waals surface area contributed by atoms with Crippen LogP contribution < -0.4 is 4.72 Å².